The highest BCUT2D eigenvalue weighted by molar-refractivity contribution is 5.59. The summed E-state index contributed by atoms with van der Waals surface area (Å²) in [6.07, 6.45) is 1.45. The van der Waals surface area contributed by atoms with Gasteiger partial charge in [-0.25, -0.2) is 9.97 Å². The summed E-state index contributed by atoms with van der Waals surface area (Å²) < 4.78 is 0. The summed E-state index contributed by atoms with van der Waals surface area (Å²) in [4.78, 5) is 11.6. The highest BCUT2D eigenvalue weighted by Gasteiger charge is 2.26. The molecule has 2 rings (SSSR count). The Balaban J connectivity index is 2.32. The van der Waals surface area contributed by atoms with E-state index in [2.05, 4.69) is 42.9 Å². The van der Waals surface area contributed by atoms with Crippen molar-refractivity contribution in [2.24, 2.45) is 5.92 Å². The van der Waals surface area contributed by atoms with Crippen LogP contribution in [0.4, 0.5) is 11.6 Å². The van der Waals surface area contributed by atoms with Gasteiger partial charge in [0.1, 0.15) is 17.5 Å². The van der Waals surface area contributed by atoms with Crippen LogP contribution in [0, 0.1) is 12.8 Å². The van der Waals surface area contributed by atoms with Crippen molar-refractivity contribution in [2.75, 3.05) is 29.9 Å². The van der Waals surface area contributed by atoms with E-state index < -0.39 is 0 Å². The summed E-state index contributed by atoms with van der Waals surface area (Å²) in [7, 11) is 0. The third kappa shape index (κ3) is 3.03. The molecule has 112 valence electrons. The van der Waals surface area contributed by atoms with Gasteiger partial charge in [-0.2, -0.15) is 0 Å². The van der Waals surface area contributed by atoms with Gasteiger partial charge in [0, 0.05) is 31.6 Å². The van der Waals surface area contributed by atoms with Crippen LogP contribution in [0.3, 0.4) is 0 Å². The van der Waals surface area contributed by atoms with Gasteiger partial charge in [0.25, 0.3) is 0 Å². The quantitative estimate of drug-likeness (QED) is 0.882. The fraction of sp³-hybridized carbons (Fsp3) is 0.733. The molecular weight excluding hydrogens is 252 g/mol. The van der Waals surface area contributed by atoms with E-state index in [0.717, 1.165) is 55.5 Å². The van der Waals surface area contributed by atoms with Crippen molar-refractivity contribution in [2.45, 2.75) is 46.6 Å². The number of piperidine rings is 1. The van der Waals surface area contributed by atoms with Crippen LogP contribution in [-0.2, 0) is 6.42 Å². The highest BCUT2D eigenvalue weighted by atomic mass is 16.3. The second-order valence-corrected chi connectivity index (χ2v) is 5.60. The molecule has 1 aliphatic heterocycles. The van der Waals surface area contributed by atoms with Crippen LogP contribution < -0.4 is 10.2 Å². The molecule has 0 saturated carbocycles. The van der Waals surface area contributed by atoms with E-state index in [9.17, 15) is 5.11 Å². The van der Waals surface area contributed by atoms with E-state index >= 15 is 0 Å². The highest BCUT2D eigenvalue weighted by Crippen LogP contribution is 2.28. The van der Waals surface area contributed by atoms with Crippen molar-refractivity contribution < 1.29 is 5.11 Å². The van der Waals surface area contributed by atoms with E-state index in [1.54, 1.807) is 0 Å². The van der Waals surface area contributed by atoms with Gasteiger partial charge in [-0.15, -0.1) is 0 Å². The maximum absolute atomic E-state index is 9.88. The van der Waals surface area contributed by atoms with Crippen molar-refractivity contribution in [3.8, 4) is 0 Å². The Hall–Kier alpha value is -1.36. The summed E-state index contributed by atoms with van der Waals surface area (Å²) in [6.45, 7) is 10.9. The minimum absolute atomic E-state index is 0.188. The van der Waals surface area contributed by atoms with Gasteiger partial charge in [0.2, 0.25) is 0 Å². The Bertz CT molecular complexity index is 463. The average Bonchev–Trinajstić information content (AvgIpc) is 2.44. The molecule has 2 atom stereocenters. The van der Waals surface area contributed by atoms with E-state index in [0.29, 0.717) is 0 Å². The van der Waals surface area contributed by atoms with Gasteiger partial charge < -0.3 is 15.3 Å². The minimum Gasteiger partial charge on any atom is -0.393 e. The Morgan fingerprint density at radius 3 is 2.70 bits per heavy atom. The molecule has 5 heteroatoms. The largest absolute Gasteiger partial charge is 0.393 e. The second-order valence-electron chi connectivity index (χ2n) is 5.60. The van der Waals surface area contributed by atoms with E-state index in [1.807, 2.05) is 0 Å². The molecule has 0 spiro atoms. The average molecular weight is 278 g/mol. The van der Waals surface area contributed by atoms with E-state index in [-0.39, 0.29) is 12.0 Å². The number of anilines is 2. The summed E-state index contributed by atoms with van der Waals surface area (Å²) in [5.74, 6) is 3.12. The molecule has 2 heterocycles. The number of rotatable bonds is 4. The first-order valence-electron chi connectivity index (χ1n) is 7.61. The molecule has 1 aromatic heterocycles. The van der Waals surface area contributed by atoms with E-state index in [4.69, 9.17) is 4.98 Å². The molecule has 5 nitrogen and oxygen atoms in total. The molecule has 1 fully saturated rings. The summed E-state index contributed by atoms with van der Waals surface area (Å²) >= 11 is 0. The third-order valence-electron chi connectivity index (χ3n) is 3.99. The summed E-state index contributed by atoms with van der Waals surface area (Å²) in [6, 6.07) is 0. The number of hydrogen-bond acceptors (Lipinski definition) is 5. The van der Waals surface area contributed by atoms with E-state index in [1.165, 1.54) is 0 Å². The summed E-state index contributed by atoms with van der Waals surface area (Å²) in [5, 5.41) is 13.2. The molecule has 0 aliphatic carbocycles. The Morgan fingerprint density at radius 2 is 2.10 bits per heavy atom. The number of aryl methyl sites for hydroxylation is 1. The number of nitrogens with zero attached hydrogens (tertiary/aromatic N) is 3. The van der Waals surface area contributed by atoms with Gasteiger partial charge in [0.05, 0.1) is 6.10 Å². The van der Waals surface area contributed by atoms with Crippen LogP contribution in [-0.4, -0.2) is 40.8 Å². The van der Waals surface area contributed by atoms with Crippen molar-refractivity contribution in [3.05, 3.63) is 11.4 Å². The fourth-order valence-electron chi connectivity index (χ4n) is 2.68. The lowest BCUT2D eigenvalue weighted by Crippen LogP contribution is -2.42. The lowest BCUT2D eigenvalue weighted by molar-refractivity contribution is 0.0968. The molecule has 20 heavy (non-hydrogen) atoms. The molecule has 2 unspecified atom stereocenters. The fourth-order valence-corrected chi connectivity index (χ4v) is 2.68. The van der Waals surface area contributed by atoms with Gasteiger partial charge in [-0.3, -0.25) is 0 Å². The molecule has 0 radical (unpaired) electrons. The SMILES string of the molecule is CCNc1nc(CC)nc(N2CCC(O)C(C)C2)c1C. The molecule has 1 saturated heterocycles. The zero-order valence-electron chi connectivity index (χ0n) is 13.0. The lowest BCUT2D eigenvalue weighted by atomic mass is 9.96. The molecule has 2 N–H and O–H groups in total. The van der Waals surface area contributed by atoms with Crippen molar-refractivity contribution in [1.82, 2.24) is 9.97 Å². The van der Waals surface area contributed by atoms with Gasteiger partial charge in [-0.05, 0) is 26.2 Å². The first kappa shape index (κ1) is 15.0. The zero-order valence-corrected chi connectivity index (χ0v) is 13.0. The second kappa shape index (κ2) is 6.39. The maximum Gasteiger partial charge on any atom is 0.137 e. The smallest absolute Gasteiger partial charge is 0.137 e. The Morgan fingerprint density at radius 1 is 1.35 bits per heavy atom. The predicted molar refractivity (Wildman–Crippen MR) is 82.3 cm³/mol. The van der Waals surface area contributed by atoms with Crippen molar-refractivity contribution in [1.29, 1.82) is 0 Å². The number of aliphatic hydroxyl groups excluding tert-OH is 1. The normalized spacial score (nSPS) is 22.9. The number of hydrogen-bond donors (Lipinski definition) is 2. The number of aromatic nitrogens is 2. The van der Waals surface area contributed by atoms with Crippen LogP contribution >= 0.6 is 0 Å². The third-order valence-corrected chi connectivity index (χ3v) is 3.99. The first-order valence-corrected chi connectivity index (χ1v) is 7.61. The molecular formula is C15H26N4O. The maximum atomic E-state index is 9.88. The lowest BCUT2D eigenvalue weighted by Gasteiger charge is -2.36. The molecule has 0 aromatic carbocycles. The van der Waals surface area contributed by atoms with Crippen LogP contribution in [0.15, 0.2) is 0 Å². The first-order chi connectivity index (χ1) is 9.56. The molecule has 0 amide bonds. The molecule has 1 aliphatic rings. The van der Waals surface area contributed by atoms with Crippen LogP contribution in [0.25, 0.3) is 0 Å². The van der Waals surface area contributed by atoms with Crippen LogP contribution in [0.1, 0.15) is 38.6 Å². The van der Waals surface area contributed by atoms with Crippen molar-refractivity contribution >= 4 is 11.6 Å². The zero-order chi connectivity index (χ0) is 14.7. The minimum atomic E-state index is -0.188. The Kier molecular flexibility index (Phi) is 4.81. The monoisotopic (exact) mass is 278 g/mol. The molecule has 0 bridgehead atoms. The van der Waals surface area contributed by atoms with Gasteiger partial charge in [0.15, 0.2) is 0 Å². The summed E-state index contributed by atoms with van der Waals surface area (Å²) in [5.41, 5.74) is 1.10. The number of aliphatic hydroxyl groups is 1. The van der Waals surface area contributed by atoms with Crippen LogP contribution in [0.5, 0.6) is 0 Å². The number of nitrogens with one attached hydrogen (secondary N) is 1. The van der Waals surface area contributed by atoms with Gasteiger partial charge >= 0.3 is 0 Å². The topological polar surface area (TPSA) is 61.3 Å². The predicted octanol–water partition coefficient (Wildman–Crippen LogP) is 1.99. The Labute approximate surface area is 121 Å². The van der Waals surface area contributed by atoms with Gasteiger partial charge in [-0.1, -0.05) is 13.8 Å². The molecule has 1 aromatic rings. The van der Waals surface area contributed by atoms with Crippen molar-refractivity contribution in [3.63, 3.8) is 0 Å². The standard InChI is InChI=1S/C15H26N4O/c1-5-13-17-14(16-6-2)11(4)15(18-13)19-8-7-12(20)10(3)9-19/h10,12,20H,5-9H2,1-4H3,(H,16,17,18). The van der Waals surface area contributed by atoms with Crippen LogP contribution in [0.2, 0.25) is 0 Å².